The van der Waals surface area contributed by atoms with E-state index in [1.54, 1.807) is 18.1 Å². The zero-order valence-corrected chi connectivity index (χ0v) is 18.0. The highest BCUT2D eigenvalue weighted by Gasteiger charge is 2.58. The first-order chi connectivity index (χ1) is 12.7. The van der Waals surface area contributed by atoms with E-state index in [-0.39, 0.29) is 29.9 Å². The summed E-state index contributed by atoms with van der Waals surface area (Å²) in [6.45, 7) is 4.68. The van der Waals surface area contributed by atoms with Crippen LogP contribution in [-0.2, 0) is 21.4 Å². The Kier molecular flexibility index (Phi) is 6.67. The highest BCUT2D eigenvalue weighted by Crippen LogP contribution is 2.41. The molecular weight excluding hydrogens is 406 g/mol. The van der Waals surface area contributed by atoms with Crippen LogP contribution in [0.5, 0.6) is 0 Å². The number of likely N-dealkylation sites (tertiary alicyclic amines) is 1. The van der Waals surface area contributed by atoms with Crippen LogP contribution in [0, 0.1) is 11.8 Å². The number of aromatic nitrogens is 2. The number of sulfonamides is 1. The average molecular weight is 432 g/mol. The molecule has 0 aromatic carbocycles. The molecule has 2 fully saturated rings. The SMILES string of the molecule is CNCc1cnc(C(=O)N2CC[C@H]3[C@H]2[C@@H](C(C)C)C(=O)N3S(C)(=O)=O)cn1.Cl. The van der Waals surface area contributed by atoms with Crippen molar-refractivity contribution in [3.05, 3.63) is 23.8 Å². The maximum absolute atomic E-state index is 13.0. The standard InChI is InChI=1S/C17H25N5O4S.ClH/c1-10(2)14-15-13(22(17(14)24)27(4,25)26)5-6-21(15)16(23)12-9-19-11(7-18-3)8-20-12;/h8-10,13-15,18H,5-7H2,1-4H3;1H/t13-,14+,15-;/m0./s1. The van der Waals surface area contributed by atoms with Gasteiger partial charge in [0.25, 0.3) is 5.91 Å². The predicted octanol–water partition coefficient (Wildman–Crippen LogP) is 0.275. The summed E-state index contributed by atoms with van der Waals surface area (Å²) < 4.78 is 25.3. The molecule has 1 aromatic heterocycles. The molecule has 11 heteroatoms. The summed E-state index contributed by atoms with van der Waals surface area (Å²) in [6, 6.07) is -0.987. The molecule has 28 heavy (non-hydrogen) atoms. The maximum Gasteiger partial charge on any atom is 0.274 e. The topological polar surface area (TPSA) is 113 Å². The molecule has 0 bridgehead atoms. The predicted molar refractivity (Wildman–Crippen MR) is 105 cm³/mol. The summed E-state index contributed by atoms with van der Waals surface area (Å²) in [6.07, 6.45) is 4.45. The van der Waals surface area contributed by atoms with E-state index >= 15 is 0 Å². The van der Waals surface area contributed by atoms with Crippen LogP contribution in [0.25, 0.3) is 0 Å². The number of nitrogens with one attached hydrogen (secondary N) is 1. The lowest BCUT2D eigenvalue weighted by molar-refractivity contribution is -0.129. The number of amides is 2. The van der Waals surface area contributed by atoms with Gasteiger partial charge in [-0.3, -0.25) is 14.6 Å². The van der Waals surface area contributed by atoms with Crippen molar-refractivity contribution in [2.75, 3.05) is 19.8 Å². The van der Waals surface area contributed by atoms with E-state index in [0.717, 1.165) is 10.6 Å². The number of hydrogen-bond acceptors (Lipinski definition) is 7. The number of fused-ring (bicyclic) bond motifs is 1. The second kappa shape index (κ2) is 8.30. The molecule has 3 heterocycles. The second-order valence-electron chi connectivity index (χ2n) is 7.44. The number of carbonyl (C=O) groups is 2. The minimum atomic E-state index is -3.69. The largest absolute Gasteiger partial charge is 0.331 e. The molecule has 0 aliphatic carbocycles. The highest BCUT2D eigenvalue weighted by atomic mass is 35.5. The average Bonchev–Trinajstić information content (AvgIpc) is 3.10. The highest BCUT2D eigenvalue weighted by molar-refractivity contribution is 7.88. The van der Waals surface area contributed by atoms with E-state index in [1.165, 1.54) is 6.20 Å². The van der Waals surface area contributed by atoms with Gasteiger partial charge in [0.1, 0.15) is 5.69 Å². The summed E-state index contributed by atoms with van der Waals surface area (Å²) in [4.78, 5) is 35.8. The van der Waals surface area contributed by atoms with Gasteiger partial charge in [-0.1, -0.05) is 13.8 Å². The monoisotopic (exact) mass is 431 g/mol. The van der Waals surface area contributed by atoms with Crippen LogP contribution < -0.4 is 5.32 Å². The Hall–Kier alpha value is -1.78. The molecular formula is C17H26ClN5O4S. The fraction of sp³-hybridized carbons (Fsp3) is 0.647. The molecule has 0 radical (unpaired) electrons. The lowest BCUT2D eigenvalue weighted by Gasteiger charge is -2.28. The van der Waals surface area contributed by atoms with Crippen LogP contribution in [0.2, 0.25) is 0 Å². The number of halogens is 1. The first-order valence-corrected chi connectivity index (χ1v) is 10.8. The number of nitrogens with zero attached hydrogens (tertiary/aromatic N) is 4. The van der Waals surface area contributed by atoms with Crippen molar-refractivity contribution in [3.63, 3.8) is 0 Å². The third kappa shape index (κ3) is 3.85. The third-order valence-corrected chi connectivity index (χ3v) is 6.38. The van der Waals surface area contributed by atoms with Gasteiger partial charge < -0.3 is 10.2 Å². The van der Waals surface area contributed by atoms with Gasteiger partial charge in [0, 0.05) is 13.1 Å². The van der Waals surface area contributed by atoms with Crippen molar-refractivity contribution in [1.29, 1.82) is 0 Å². The normalized spacial score (nSPS) is 24.5. The number of carbonyl (C=O) groups excluding carboxylic acids is 2. The Bertz CT molecular complexity index is 846. The zero-order valence-electron chi connectivity index (χ0n) is 16.3. The van der Waals surface area contributed by atoms with Crippen molar-refractivity contribution in [2.45, 2.75) is 38.9 Å². The minimum Gasteiger partial charge on any atom is -0.331 e. The van der Waals surface area contributed by atoms with Gasteiger partial charge in [-0.25, -0.2) is 17.7 Å². The Morgan fingerprint density at radius 3 is 2.50 bits per heavy atom. The van der Waals surface area contributed by atoms with E-state index in [9.17, 15) is 18.0 Å². The van der Waals surface area contributed by atoms with E-state index in [1.807, 2.05) is 13.8 Å². The van der Waals surface area contributed by atoms with Gasteiger partial charge in [-0.15, -0.1) is 12.4 Å². The van der Waals surface area contributed by atoms with Crippen LogP contribution in [0.1, 0.15) is 36.5 Å². The molecule has 156 valence electrons. The fourth-order valence-electron chi connectivity index (χ4n) is 4.16. The summed E-state index contributed by atoms with van der Waals surface area (Å²) in [5.74, 6) is -1.38. The molecule has 2 aliphatic heterocycles. The molecule has 3 atom stereocenters. The Morgan fingerprint density at radius 2 is 2.00 bits per heavy atom. The summed E-state index contributed by atoms with van der Waals surface area (Å²) in [5.41, 5.74) is 0.913. The van der Waals surface area contributed by atoms with Crippen molar-refractivity contribution >= 4 is 34.2 Å². The van der Waals surface area contributed by atoms with Crippen LogP contribution in [0.3, 0.4) is 0 Å². The molecule has 1 N–H and O–H groups in total. The zero-order chi connectivity index (χ0) is 19.9. The summed E-state index contributed by atoms with van der Waals surface area (Å²) in [7, 11) is -1.89. The lowest BCUT2D eigenvalue weighted by Crippen LogP contribution is -2.44. The van der Waals surface area contributed by atoms with Crippen LogP contribution in [0.4, 0.5) is 0 Å². The van der Waals surface area contributed by atoms with E-state index in [0.29, 0.717) is 25.2 Å². The van der Waals surface area contributed by atoms with Crippen LogP contribution in [-0.4, -0.2) is 71.3 Å². The smallest absolute Gasteiger partial charge is 0.274 e. The maximum atomic E-state index is 13.0. The Balaban J connectivity index is 0.00000280. The van der Waals surface area contributed by atoms with Gasteiger partial charge >= 0.3 is 0 Å². The first-order valence-electron chi connectivity index (χ1n) is 8.96. The quantitative estimate of drug-likeness (QED) is 0.712. The molecule has 9 nitrogen and oxygen atoms in total. The van der Waals surface area contributed by atoms with E-state index < -0.39 is 33.9 Å². The lowest BCUT2D eigenvalue weighted by atomic mass is 9.88. The molecule has 2 amide bonds. The summed E-state index contributed by atoms with van der Waals surface area (Å²) >= 11 is 0. The Morgan fingerprint density at radius 1 is 1.32 bits per heavy atom. The molecule has 1 aromatic rings. The van der Waals surface area contributed by atoms with Crippen molar-refractivity contribution in [2.24, 2.45) is 11.8 Å². The third-order valence-electron chi connectivity index (χ3n) is 5.21. The molecule has 3 rings (SSSR count). The number of hydrogen-bond donors (Lipinski definition) is 1. The van der Waals surface area contributed by atoms with Gasteiger partial charge in [0.15, 0.2) is 0 Å². The molecule has 2 aliphatic rings. The van der Waals surface area contributed by atoms with Gasteiger partial charge in [0.2, 0.25) is 15.9 Å². The molecule has 2 saturated heterocycles. The fourth-order valence-corrected chi connectivity index (χ4v) is 5.33. The molecule has 0 unspecified atom stereocenters. The Labute approximate surface area is 171 Å². The van der Waals surface area contributed by atoms with Gasteiger partial charge in [-0.05, 0) is 19.4 Å². The van der Waals surface area contributed by atoms with Crippen molar-refractivity contribution in [1.82, 2.24) is 24.5 Å². The van der Waals surface area contributed by atoms with Crippen molar-refractivity contribution in [3.8, 4) is 0 Å². The van der Waals surface area contributed by atoms with Crippen LogP contribution in [0.15, 0.2) is 12.4 Å². The number of rotatable bonds is 5. The van der Waals surface area contributed by atoms with E-state index in [2.05, 4.69) is 15.3 Å². The van der Waals surface area contributed by atoms with Crippen molar-refractivity contribution < 1.29 is 18.0 Å². The molecule has 0 saturated carbocycles. The van der Waals surface area contributed by atoms with E-state index in [4.69, 9.17) is 0 Å². The second-order valence-corrected chi connectivity index (χ2v) is 9.29. The van der Waals surface area contributed by atoms with Gasteiger partial charge in [-0.2, -0.15) is 0 Å². The summed E-state index contributed by atoms with van der Waals surface area (Å²) in [5, 5.41) is 2.96. The minimum absolute atomic E-state index is 0. The van der Waals surface area contributed by atoms with Crippen LogP contribution >= 0.6 is 12.4 Å². The van der Waals surface area contributed by atoms with Gasteiger partial charge in [0.05, 0.1) is 42.3 Å². The first kappa shape index (κ1) is 22.5. The molecule has 0 spiro atoms.